The number of rotatable bonds is 3. The summed E-state index contributed by atoms with van der Waals surface area (Å²) in [7, 11) is 0. The molecule has 3 N–H and O–H groups in total. The smallest absolute Gasteiger partial charge is 0.254 e. The van der Waals surface area contributed by atoms with Crippen molar-refractivity contribution in [3.63, 3.8) is 0 Å². The summed E-state index contributed by atoms with van der Waals surface area (Å²) in [5.74, 6) is 2.55. The zero-order valence-corrected chi connectivity index (χ0v) is 11.5. The van der Waals surface area contributed by atoms with Crippen LogP contribution in [0.3, 0.4) is 0 Å². The lowest BCUT2D eigenvalue weighted by Gasteiger charge is -2.30. The fraction of sp³-hybridized carbons (Fsp3) is 0.400. The largest absolute Gasteiger partial charge is 0.334 e. The van der Waals surface area contributed by atoms with Crippen LogP contribution in [0, 0.1) is 12.3 Å². The van der Waals surface area contributed by atoms with Crippen LogP contribution in [0.25, 0.3) is 0 Å². The number of hydrogen-bond acceptors (Lipinski definition) is 1. The van der Waals surface area contributed by atoms with Gasteiger partial charge in [-0.05, 0) is 33.8 Å². The van der Waals surface area contributed by atoms with E-state index in [1.54, 1.807) is 18.2 Å². The summed E-state index contributed by atoms with van der Waals surface area (Å²) < 4.78 is 0. The molecule has 1 rings (SSSR count). The van der Waals surface area contributed by atoms with E-state index in [-0.39, 0.29) is 18.0 Å². The summed E-state index contributed by atoms with van der Waals surface area (Å²) in [4.78, 5) is 14.3. The summed E-state index contributed by atoms with van der Waals surface area (Å²) in [6, 6.07) is 5.63. The van der Waals surface area contributed by atoms with Crippen LogP contribution in [-0.4, -0.2) is 22.9 Å². The first kappa shape index (κ1) is 14.3. The van der Waals surface area contributed by atoms with Crippen LogP contribution < -0.4 is 5.73 Å². The molecule has 0 bridgehead atoms. The van der Waals surface area contributed by atoms with E-state index in [0.29, 0.717) is 11.1 Å². The molecule has 1 aromatic rings. The second-order valence-electron chi connectivity index (χ2n) is 4.96. The van der Waals surface area contributed by atoms with E-state index in [1.165, 1.54) is 0 Å². The fourth-order valence-electron chi connectivity index (χ4n) is 2.11. The van der Waals surface area contributed by atoms with Gasteiger partial charge in [0, 0.05) is 35.3 Å². The standard InChI is InChI=1S/C15H20N2O/c1-6-12-7-13(9-14(16)8-12)15(18)17(10(2)3)11(4)5/h1,7-11H,16H2,2-5H3/p+1. The maximum Gasteiger partial charge on any atom is 0.254 e. The molecule has 0 fully saturated rings. The van der Waals surface area contributed by atoms with Crippen LogP contribution in [0.2, 0.25) is 0 Å². The van der Waals surface area contributed by atoms with Gasteiger partial charge in [0.25, 0.3) is 5.91 Å². The van der Waals surface area contributed by atoms with Crippen LogP contribution in [-0.2, 0) is 0 Å². The average molecular weight is 245 g/mol. The van der Waals surface area contributed by atoms with Gasteiger partial charge in [-0.25, -0.2) is 0 Å². The Labute approximate surface area is 109 Å². The number of quaternary nitrogens is 1. The highest BCUT2D eigenvalue weighted by Crippen LogP contribution is 2.16. The lowest BCUT2D eigenvalue weighted by Crippen LogP contribution is -2.43. The number of terminal acetylenes is 1. The van der Waals surface area contributed by atoms with E-state index < -0.39 is 0 Å². The number of amides is 1. The number of benzene rings is 1. The van der Waals surface area contributed by atoms with Crippen molar-refractivity contribution in [3.8, 4) is 12.3 Å². The molecule has 0 aliphatic rings. The zero-order valence-electron chi connectivity index (χ0n) is 11.5. The van der Waals surface area contributed by atoms with Crippen molar-refractivity contribution in [1.29, 1.82) is 0 Å². The predicted molar refractivity (Wildman–Crippen MR) is 73.4 cm³/mol. The lowest BCUT2D eigenvalue weighted by atomic mass is 10.1. The fourth-order valence-corrected chi connectivity index (χ4v) is 2.11. The molecule has 0 saturated heterocycles. The van der Waals surface area contributed by atoms with Crippen molar-refractivity contribution < 1.29 is 10.5 Å². The summed E-state index contributed by atoms with van der Waals surface area (Å²) >= 11 is 0. The van der Waals surface area contributed by atoms with Gasteiger partial charge in [-0.2, -0.15) is 0 Å². The molecule has 0 spiro atoms. The molecule has 18 heavy (non-hydrogen) atoms. The maximum atomic E-state index is 12.5. The number of carbonyl (C=O) groups is 1. The van der Waals surface area contributed by atoms with Crippen LogP contribution in [0.1, 0.15) is 43.6 Å². The highest BCUT2D eigenvalue weighted by atomic mass is 16.2. The Morgan fingerprint density at radius 1 is 1.22 bits per heavy atom. The third kappa shape index (κ3) is 3.12. The first-order valence-corrected chi connectivity index (χ1v) is 6.13. The number of hydrogen-bond donors (Lipinski definition) is 1. The molecule has 0 radical (unpaired) electrons. The minimum atomic E-state index is 0.00185. The van der Waals surface area contributed by atoms with E-state index in [9.17, 15) is 4.79 Å². The first-order chi connectivity index (χ1) is 8.36. The van der Waals surface area contributed by atoms with Crippen molar-refractivity contribution in [3.05, 3.63) is 29.3 Å². The summed E-state index contributed by atoms with van der Waals surface area (Å²) in [6.45, 7) is 8.03. The van der Waals surface area contributed by atoms with Gasteiger partial charge in [-0.1, -0.05) is 5.92 Å². The van der Waals surface area contributed by atoms with Crippen molar-refractivity contribution >= 4 is 11.6 Å². The molecule has 0 unspecified atom stereocenters. The van der Waals surface area contributed by atoms with E-state index in [4.69, 9.17) is 6.42 Å². The van der Waals surface area contributed by atoms with E-state index in [0.717, 1.165) is 5.69 Å². The Bertz CT molecular complexity index is 476. The molecule has 3 nitrogen and oxygen atoms in total. The third-order valence-corrected chi connectivity index (χ3v) is 2.75. The van der Waals surface area contributed by atoms with Crippen LogP contribution in [0.5, 0.6) is 0 Å². The molecule has 1 aromatic carbocycles. The molecular formula is C15H21N2O+. The highest BCUT2D eigenvalue weighted by Gasteiger charge is 2.22. The number of nitrogens with zero attached hydrogens (tertiary/aromatic N) is 1. The zero-order chi connectivity index (χ0) is 13.9. The monoisotopic (exact) mass is 245 g/mol. The van der Waals surface area contributed by atoms with Gasteiger partial charge < -0.3 is 10.6 Å². The minimum Gasteiger partial charge on any atom is -0.334 e. The van der Waals surface area contributed by atoms with E-state index >= 15 is 0 Å². The second kappa shape index (κ2) is 5.70. The number of carbonyl (C=O) groups excluding carboxylic acids is 1. The molecule has 96 valence electrons. The lowest BCUT2D eigenvalue weighted by molar-refractivity contribution is -0.254. The van der Waals surface area contributed by atoms with Gasteiger partial charge in [0.15, 0.2) is 0 Å². The van der Waals surface area contributed by atoms with E-state index in [2.05, 4.69) is 11.7 Å². The Morgan fingerprint density at radius 3 is 2.22 bits per heavy atom. The quantitative estimate of drug-likeness (QED) is 0.811. The Balaban J connectivity index is 3.17. The van der Waals surface area contributed by atoms with Crippen molar-refractivity contribution in [2.75, 3.05) is 0 Å². The Morgan fingerprint density at radius 2 is 1.78 bits per heavy atom. The third-order valence-electron chi connectivity index (χ3n) is 2.75. The van der Waals surface area contributed by atoms with Gasteiger partial charge in [0.1, 0.15) is 5.69 Å². The van der Waals surface area contributed by atoms with Crippen molar-refractivity contribution in [1.82, 2.24) is 4.90 Å². The molecule has 0 atom stereocenters. The van der Waals surface area contributed by atoms with Gasteiger partial charge in [-0.3, -0.25) is 4.79 Å². The van der Waals surface area contributed by atoms with Crippen LogP contribution >= 0.6 is 0 Å². The molecule has 0 aliphatic heterocycles. The molecule has 0 aliphatic carbocycles. The topological polar surface area (TPSA) is 48.0 Å². The van der Waals surface area contributed by atoms with Gasteiger partial charge >= 0.3 is 0 Å². The molecular weight excluding hydrogens is 224 g/mol. The summed E-state index contributed by atoms with van der Waals surface area (Å²) in [5.41, 5.74) is 5.92. The Hall–Kier alpha value is -1.79. The summed E-state index contributed by atoms with van der Waals surface area (Å²) in [5, 5.41) is 0. The van der Waals surface area contributed by atoms with Crippen LogP contribution in [0.15, 0.2) is 18.2 Å². The normalized spacial score (nSPS) is 10.6. The molecule has 3 heteroatoms. The minimum absolute atomic E-state index is 0.00185. The predicted octanol–water partition coefficient (Wildman–Crippen LogP) is 1.80. The molecule has 0 aromatic heterocycles. The average Bonchev–Trinajstić information content (AvgIpc) is 2.26. The highest BCUT2D eigenvalue weighted by molar-refractivity contribution is 5.95. The van der Waals surface area contributed by atoms with Gasteiger partial charge in [0.2, 0.25) is 0 Å². The molecule has 0 heterocycles. The van der Waals surface area contributed by atoms with Crippen LogP contribution in [0.4, 0.5) is 5.69 Å². The molecule has 0 saturated carbocycles. The molecule has 1 amide bonds. The maximum absolute atomic E-state index is 12.5. The van der Waals surface area contributed by atoms with Gasteiger partial charge in [0.05, 0.1) is 0 Å². The SMILES string of the molecule is C#Cc1cc([NH3+])cc(C(=O)N(C(C)C)C(C)C)c1. The summed E-state index contributed by atoms with van der Waals surface area (Å²) in [6.07, 6.45) is 5.38. The van der Waals surface area contributed by atoms with E-state index in [1.807, 2.05) is 32.6 Å². The van der Waals surface area contributed by atoms with Crippen molar-refractivity contribution in [2.24, 2.45) is 0 Å². The second-order valence-corrected chi connectivity index (χ2v) is 4.96. The Kier molecular flexibility index (Phi) is 4.52. The first-order valence-electron chi connectivity index (χ1n) is 6.13. The van der Waals surface area contributed by atoms with Gasteiger partial charge in [-0.15, -0.1) is 6.42 Å². The van der Waals surface area contributed by atoms with Crippen molar-refractivity contribution in [2.45, 2.75) is 39.8 Å².